The molecule has 30 heavy (non-hydrogen) atoms. The van der Waals surface area contributed by atoms with Crippen molar-refractivity contribution in [3.63, 3.8) is 0 Å². The Bertz CT molecular complexity index is 1070. The van der Waals surface area contributed by atoms with E-state index in [0.29, 0.717) is 23.9 Å². The van der Waals surface area contributed by atoms with Gasteiger partial charge in [0, 0.05) is 25.7 Å². The molecule has 1 aliphatic heterocycles. The van der Waals surface area contributed by atoms with Gasteiger partial charge in [-0.15, -0.1) is 0 Å². The molecule has 5 nitrogen and oxygen atoms in total. The molecule has 0 unspecified atom stereocenters. The molecule has 0 saturated carbocycles. The molecule has 5 rings (SSSR count). The minimum Gasteiger partial charge on any atom is -0.361 e. The Morgan fingerprint density at radius 1 is 1.17 bits per heavy atom. The van der Waals surface area contributed by atoms with Crippen LogP contribution in [0, 0.1) is 12.8 Å². The summed E-state index contributed by atoms with van der Waals surface area (Å²) in [7, 11) is 0. The molecule has 1 atom stereocenters. The van der Waals surface area contributed by atoms with Gasteiger partial charge in [-0.2, -0.15) is 0 Å². The van der Waals surface area contributed by atoms with Crippen LogP contribution < -0.4 is 5.32 Å². The second-order valence-electron chi connectivity index (χ2n) is 8.60. The first-order valence-corrected chi connectivity index (χ1v) is 10.8. The number of likely N-dealkylation sites (tertiary alicyclic amines) is 1. The highest BCUT2D eigenvalue weighted by Gasteiger charge is 2.23. The van der Waals surface area contributed by atoms with Gasteiger partial charge in [-0.05, 0) is 66.5 Å². The summed E-state index contributed by atoms with van der Waals surface area (Å²) in [5.74, 6) is 0.970. The van der Waals surface area contributed by atoms with Crippen LogP contribution in [0.3, 0.4) is 0 Å². The number of rotatable bonds is 5. The third kappa shape index (κ3) is 3.90. The minimum atomic E-state index is -0.151. The summed E-state index contributed by atoms with van der Waals surface area (Å²) < 4.78 is 4.99. The predicted molar refractivity (Wildman–Crippen MR) is 116 cm³/mol. The minimum absolute atomic E-state index is 0.151. The van der Waals surface area contributed by atoms with Crippen molar-refractivity contribution in [2.75, 3.05) is 19.6 Å². The molecule has 2 aliphatic rings. The SMILES string of the molecule is Cc1cc(C(=O)NC[C@@H]2CCCN(Cc3ccc4c(c3)Cc3ccccc3-4)C2)no1. The van der Waals surface area contributed by atoms with Crippen LogP contribution in [0.2, 0.25) is 0 Å². The van der Waals surface area contributed by atoms with Gasteiger partial charge < -0.3 is 9.84 Å². The van der Waals surface area contributed by atoms with E-state index in [9.17, 15) is 4.79 Å². The summed E-state index contributed by atoms with van der Waals surface area (Å²) in [5.41, 5.74) is 7.38. The molecule has 1 amide bonds. The van der Waals surface area contributed by atoms with Crippen molar-refractivity contribution in [2.24, 2.45) is 5.92 Å². The van der Waals surface area contributed by atoms with Crippen LogP contribution in [-0.2, 0) is 13.0 Å². The van der Waals surface area contributed by atoms with Gasteiger partial charge in [0.05, 0.1) is 0 Å². The van der Waals surface area contributed by atoms with Crippen molar-refractivity contribution in [3.05, 3.63) is 76.7 Å². The number of benzene rings is 2. The number of hydrogen-bond acceptors (Lipinski definition) is 4. The van der Waals surface area contributed by atoms with Crippen LogP contribution in [0.1, 0.15) is 45.8 Å². The summed E-state index contributed by atoms with van der Waals surface area (Å²) in [6.07, 6.45) is 3.35. The summed E-state index contributed by atoms with van der Waals surface area (Å²) in [5, 5.41) is 6.82. The maximum absolute atomic E-state index is 12.2. The topological polar surface area (TPSA) is 58.4 Å². The second kappa shape index (κ2) is 8.07. The first kappa shape index (κ1) is 19.1. The zero-order valence-corrected chi connectivity index (χ0v) is 17.4. The Balaban J connectivity index is 1.18. The van der Waals surface area contributed by atoms with Crippen LogP contribution in [0.25, 0.3) is 11.1 Å². The quantitative estimate of drug-likeness (QED) is 0.545. The van der Waals surface area contributed by atoms with Crippen molar-refractivity contribution >= 4 is 5.91 Å². The van der Waals surface area contributed by atoms with E-state index in [2.05, 4.69) is 57.8 Å². The van der Waals surface area contributed by atoms with E-state index in [1.165, 1.54) is 34.2 Å². The maximum Gasteiger partial charge on any atom is 0.273 e. The first-order valence-electron chi connectivity index (χ1n) is 10.8. The fourth-order valence-corrected chi connectivity index (χ4v) is 4.82. The highest BCUT2D eigenvalue weighted by molar-refractivity contribution is 5.92. The molecule has 1 aliphatic carbocycles. The van der Waals surface area contributed by atoms with Gasteiger partial charge >= 0.3 is 0 Å². The predicted octanol–water partition coefficient (Wildman–Crippen LogP) is 4.20. The number of piperidine rings is 1. The third-order valence-electron chi connectivity index (χ3n) is 6.28. The molecule has 1 saturated heterocycles. The number of fused-ring (bicyclic) bond motifs is 3. The molecule has 154 valence electrons. The van der Waals surface area contributed by atoms with Crippen LogP contribution in [0.5, 0.6) is 0 Å². The van der Waals surface area contributed by atoms with Gasteiger partial charge in [-0.1, -0.05) is 47.6 Å². The molecule has 0 radical (unpaired) electrons. The van der Waals surface area contributed by atoms with E-state index in [1.807, 2.05) is 0 Å². The van der Waals surface area contributed by atoms with Gasteiger partial charge in [0.15, 0.2) is 5.69 Å². The van der Waals surface area contributed by atoms with Gasteiger partial charge in [0.2, 0.25) is 0 Å². The fourth-order valence-electron chi connectivity index (χ4n) is 4.82. The van der Waals surface area contributed by atoms with E-state index < -0.39 is 0 Å². The Morgan fingerprint density at radius 3 is 2.90 bits per heavy atom. The number of amides is 1. The highest BCUT2D eigenvalue weighted by atomic mass is 16.5. The molecule has 2 heterocycles. The molecule has 1 fully saturated rings. The number of nitrogens with zero attached hydrogens (tertiary/aromatic N) is 2. The van der Waals surface area contributed by atoms with Gasteiger partial charge in [0.25, 0.3) is 5.91 Å². The molecular weight excluding hydrogens is 374 g/mol. The first-order chi connectivity index (χ1) is 14.7. The Hall–Kier alpha value is -2.92. The summed E-state index contributed by atoms with van der Waals surface area (Å²) in [6, 6.07) is 17.3. The number of carbonyl (C=O) groups excluding carboxylic acids is 1. The molecule has 3 aromatic rings. The lowest BCUT2D eigenvalue weighted by Gasteiger charge is -2.33. The molecule has 1 aromatic heterocycles. The van der Waals surface area contributed by atoms with Crippen LogP contribution >= 0.6 is 0 Å². The molecule has 0 spiro atoms. The van der Waals surface area contributed by atoms with E-state index in [-0.39, 0.29) is 5.91 Å². The summed E-state index contributed by atoms with van der Waals surface area (Å²) >= 11 is 0. The standard InChI is InChI=1S/C25H27N3O2/c1-17-11-24(27-30-17)25(29)26-14-19-5-4-10-28(16-19)15-18-8-9-23-21(12-18)13-20-6-2-3-7-22(20)23/h2-3,6-9,11-12,19H,4-5,10,13-16H2,1H3,(H,26,29)/t19-/m0/s1. The van der Waals surface area contributed by atoms with Crippen molar-refractivity contribution in [1.29, 1.82) is 0 Å². The number of carbonyl (C=O) groups is 1. The monoisotopic (exact) mass is 401 g/mol. The van der Waals surface area contributed by atoms with Crippen molar-refractivity contribution in [2.45, 2.75) is 32.7 Å². The lowest BCUT2D eigenvalue weighted by molar-refractivity contribution is 0.0921. The number of hydrogen-bond donors (Lipinski definition) is 1. The zero-order valence-electron chi connectivity index (χ0n) is 17.4. The van der Waals surface area contributed by atoms with Gasteiger partial charge in [0.1, 0.15) is 5.76 Å². The van der Waals surface area contributed by atoms with E-state index in [1.54, 1.807) is 13.0 Å². The van der Waals surface area contributed by atoms with Crippen molar-refractivity contribution < 1.29 is 9.32 Å². The molecule has 2 aromatic carbocycles. The average Bonchev–Trinajstić information content (AvgIpc) is 3.35. The second-order valence-corrected chi connectivity index (χ2v) is 8.60. The van der Waals surface area contributed by atoms with Crippen molar-refractivity contribution in [1.82, 2.24) is 15.4 Å². The Labute approximate surface area is 177 Å². The Kier molecular flexibility index (Phi) is 5.13. The zero-order chi connectivity index (χ0) is 20.5. The molecule has 1 N–H and O–H groups in total. The van der Waals surface area contributed by atoms with Crippen LogP contribution in [0.15, 0.2) is 53.1 Å². The summed E-state index contributed by atoms with van der Waals surface area (Å²) in [6.45, 7) is 5.57. The normalized spacial score (nSPS) is 18.1. The third-order valence-corrected chi connectivity index (χ3v) is 6.28. The van der Waals surface area contributed by atoms with E-state index in [0.717, 1.165) is 32.5 Å². The van der Waals surface area contributed by atoms with E-state index in [4.69, 9.17) is 4.52 Å². The lowest BCUT2D eigenvalue weighted by Crippen LogP contribution is -2.40. The fraction of sp³-hybridized carbons (Fsp3) is 0.360. The van der Waals surface area contributed by atoms with E-state index >= 15 is 0 Å². The van der Waals surface area contributed by atoms with Gasteiger partial charge in [-0.25, -0.2) is 0 Å². The number of aryl methyl sites for hydroxylation is 1. The van der Waals surface area contributed by atoms with Crippen LogP contribution in [0.4, 0.5) is 0 Å². The lowest BCUT2D eigenvalue weighted by atomic mass is 9.97. The number of aromatic nitrogens is 1. The Morgan fingerprint density at radius 2 is 2.03 bits per heavy atom. The van der Waals surface area contributed by atoms with Crippen molar-refractivity contribution in [3.8, 4) is 11.1 Å². The number of nitrogens with one attached hydrogen (secondary N) is 1. The highest BCUT2D eigenvalue weighted by Crippen LogP contribution is 2.37. The molecular formula is C25H27N3O2. The average molecular weight is 402 g/mol. The van der Waals surface area contributed by atoms with Gasteiger partial charge in [-0.3, -0.25) is 9.69 Å². The largest absolute Gasteiger partial charge is 0.361 e. The van der Waals surface area contributed by atoms with Crippen LogP contribution in [-0.4, -0.2) is 35.6 Å². The summed E-state index contributed by atoms with van der Waals surface area (Å²) in [4.78, 5) is 14.7. The molecule has 5 heteroatoms. The molecule has 0 bridgehead atoms. The maximum atomic E-state index is 12.2. The smallest absolute Gasteiger partial charge is 0.273 e.